The van der Waals surface area contributed by atoms with Crippen molar-refractivity contribution in [3.05, 3.63) is 54.8 Å². The number of anilines is 3. The first-order valence-corrected chi connectivity index (χ1v) is 9.92. The summed E-state index contributed by atoms with van der Waals surface area (Å²) >= 11 is 0. The predicted octanol–water partition coefficient (Wildman–Crippen LogP) is 3.45. The van der Waals surface area contributed by atoms with Gasteiger partial charge in [0.2, 0.25) is 0 Å². The maximum Gasteiger partial charge on any atom is 0.301 e. The first-order valence-electron chi connectivity index (χ1n) is 9.92. The fourth-order valence-corrected chi connectivity index (χ4v) is 3.74. The summed E-state index contributed by atoms with van der Waals surface area (Å²) < 4.78 is 14.7. The molecule has 1 aromatic carbocycles. The molecule has 5 rings (SSSR count). The van der Waals surface area contributed by atoms with Crippen molar-refractivity contribution in [3.8, 4) is 28.3 Å². The van der Waals surface area contributed by atoms with Crippen LogP contribution in [0.5, 0.6) is 5.75 Å². The second kappa shape index (κ2) is 7.41. The Bertz CT molecular complexity index is 1430. The molecule has 0 spiro atoms. The van der Waals surface area contributed by atoms with Crippen LogP contribution in [0.3, 0.4) is 0 Å². The number of hydrogen-bond donors (Lipinski definition) is 1. The predicted molar refractivity (Wildman–Crippen MR) is 121 cm³/mol. The van der Waals surface area contributed by atoms with Crippen LogP contribution in [0.25, 0.3) is 28.0 Å². The van der Waals surface area contributed by atoms with Crippen molar-refractivity contribution in [2.24, 2.45) is 7.05 Å². The molecule has 2 N–H and O–H groups in total. The lowest BCUT2D eigenvalue weighted by molar-refractivity contribution is 0.415. The van der Waals surface area contributed by atoms with Crippen LogP contribution in [0.15, 0.2) is 53.5 Å². The van der Waals surface area contributed by atoms with Gasteiger partial charge in [0.1, 0.15) is 29.6 Å². The van der Waals surface area contributed by atoms with Crippen molar-refractivity contribution >= 4 is 23.0 Å². The first kappa shape index (κ1) is 19.6. The number of aryl methyl sites for hydroxylation is 2. The zero-order valence-corrected chi connectivity index (χ0v) is 18.1. The number of hydrogen-bond acceptors (Lipinski definition) is 8. The summed E-state index contributed by atoms with van der Waals surface area (Å²) in [6, 6.07) is 10.3. The molecule has 0 radical (unpaired) electrons. The fourth-order valence-electron chi connectivity index (χ4n) is 3.74. The molecule has 0 aliphatic rings. The van der Waals surface area contributed by atoms with E-state index >= 15 is 0 Å². The third-order valence-electron chi connectivity index (χ3n) is 5.30. The minimum atomic E-state index is 0.382. The van der Waals surface area contributed by atoms with Crippen LogP contribution in [0, 0.1) is 6.92 Å². The molecule has 5 aromatic rings. The highest BCUT2D eigenvalue weighted by Crippen LogP contribution is 2.39. The van der Waals surface area contributed by atoms with Gasteiger partial charge in [-0.2, -0.15) is 15.2 Å². The Kier molecular flexibility index (Phi) is 4.54. The number of ether oxygens (including phenoxy) is 1. The second-order valence-electron chi connectivity index (χ2n) is 7.44. The van der Waals surface area contributed by atoms with Gasteiger partial charge in [0.25, 0.3) is 0 Å². The van der Waals surface area contributed by atoms with E-state index < -0.39 is 0 Å². The number of nitrogens with two attached hydrogens (primary N) is 1. The van der Waals surface area contributed by atoms with E-state index in [2.05, 4.69) is 20.2 Å². The molecule has 4 aromatic heterocycles. The molecular formula is C22H22N8O2. The van der Waals surface area contributed by atoms with E-state index in [1.165, 1.54) is 6.33 Å². The molecule has 0 unspecified atom stereocenters. The largest absolute Gasteiger partial charge is 0.495 e. The molecule has 0 aliphatic carbocycles. The Morgan fingerprint density at radius 2 is 2.03 bits per heavy atom. The Morgan fingerprint density at radius 1 is 1.19 bits per heavy atom. The number of rotatable bonds is 5. The Labute approximate surface area is 183 Å². The number of benzene rings is 1. The average Bonchev–Trinajstić information content (AvgIpc) is 3.51. The molecule has 0 bridgehead atoms. The third-order valence-corrected chi connectivity index (χ3v) is 5.30. The average molecular weight is 430 g/mol. The van der Waals surface area contributed by atoms with Crippen molar-refractivity contribution in [1.82, 2.24) is 29.4 Å². The van der Waals surface area contributed by atoms with Crippen LogP contribution in [0.4, 0.5) is 17.5 Å². The van der Waals surface area contributed by atoms with Crippen molar-refractivity contribution in [1.29, 1.82) is 0 Å². The summed E-state index contributed by atoms with van der Waals surface area (Å²) in [7, 11) is 5.38. The molecule has 4 heterocycles. The number of aromatic nitrogens is 6. The van der Waals surface area contributed by atoms with Crippen LogP contribution in [0.2, 0.25) is 0 Å². The summed E-state index contributed by atoms with van der Waals surface area (Å²) in [5, 5.41) is 8.94. The highest BCUT2D eigenvalue weighted by atomic mass is 16.5. The maximum atomic E-state index is 6.26. The van der Waals surface area contributed by atoms with Crippen molar-refractivity contribution < 1.29 is 9.15 Å². The van der Waals surface area contributed by atoms with Gasteiger partial charge in [-0.25, -0.2) is 9.50 Å². The van der Waals surface area contributed by atoms with Gasteiger partial charge in [-0.1, -0.05) is 6.07 Å². The normalized spacial score (nSPS) is 11.2. The number of methoxy groups -OCH3 is 1. The number of fused-ring (bicyclic) bond motifs is 1. The Balaban J connectivity index is 1.66. The highest BCUT2D eigenvalue weighted by molar-refractivity contribution is 5.92. The smallest absolute Gasteiger partial charge is 0.301 e. The van der Waals surface area contributed by atoms with Crippen LogP contribution < -0.4 is 15.4 Å². The van der Waals surface area contributed by atoms with Crippen LogP contribution in [-0.4, -0.2) is 43.5 Å². The van der Waals surface area contributed by atoms with E-state index in [1.54, 1.807) is 22.6 Å². The van der Waals surface area contributed by atoms with Gasteiger partial charge in [-0.3, -0.25) is 9.58 Å². The van der Waals surface area contributed by atoms with Gasteiger partial charge in [-0.05, 0) is 36.8 Å². The van der Waals surface area contributed by atoms with Gasteiger partial charge in [0, 0.05) is 25.9 Å². The van der Waals surface area contributed by atoms with Crippen LogP contribution in [0.1, 0.15) is 5.69 Å². The number of nitrogens with zero attached hydrogens (tertiary/aromatic N) is 7. The third kappa shape index (κ3) is 3.13. The topological polar surface area (TPSA) is 113 Å². The van der Waals surface area contributed by atoms with Gasteiger partial charge in [0.15, 0.2) is 5.82 Å². The molecule has 0 aliphatic heterocycles. The zero-order valence-electron chi connectivity index (χ0n) is 18.1. The van der Waals surface area contributed by atoms with E-state index in [1.807, 2.05) is 62.4 Å². The lowest BCUT2D eigenvalue weighted by Gasteiger charge is -2.18. The highest BCUT2D eigenvalue weighted by Gasteiger charge is 2.20. The van der Waals surface area contributed by atoms with Crippen molar-refractivity contribution in [2.45, 2.75) is 6.92 Å². The summed E-state index contributed by atoms with van der Waals surface area (Å²) in [6.45, 7) is 1.88. The molecule has 0 saturated heterocycles. The van der Waals surface area contributed by atoms with Crippen LogP contribution in [-0.2, 0) is 7.05 Å². The second-order valence-corrected chi connectivity index (χ2v) is 7.44. The van der Waals surface area contributed by atoms with Crippen molar-refractivity contribution in [2.75, 3.05) is 24.8 Å². The van der Waals surface area contributed by atoms with E-state index in [0.29, 0.717) is 23.1 Å². The summed E-state index contributed by atoms with van der Waals surface area (Å²) in [5.74, 6) is 1.04. The van der Waals surface area contributed by atoms with Gasteiger partial charge in [0.05, 0.1) is 24.2 Å². The molecule has 0 fully saturated rings. The monoisotopic (exact) mass is 430 g/mol. The standard InChI is InChI=1S/C22H22N8O2/c1-13-11-32-22(26-13)29(3)17-6-5-14(9-19(17)31-4)15-10-18(16-7-8-28(2)27-16)30-20(15)21(23)24-12-25-30/h5-12H,1-4H3,(H2,23,24,25). The van der Waals surface area contributed by atoms with E-state index in [4.69, 9.17) is 14.9 Å². The molecule has 0 saturated carbocycles. The Morgan fingerprint density at radius 3 is 2.72 bits per heavy atom. The minimum Gasteiger partial charge on any atom is -0.495 e. The Hall–Kier alpha value is -4.34. The van der Waals surface area contributed by atoms with E-state index in [9.17, 15) is 0 Å². The SMILES string of the molecule is COc1cc(-c2cc(-c3ccn(C)n3)n3ncnc(N)c23)ccc1N(C)c1nc(C)co1. The van der Waals surface area contributed by atoms with Gasteiger partial charge >= 0.3 is 6.01 Å². The molecule has 162 valence electrons. The zero-order chi connectivity index (χ0) is 22.4. The summed E-state index contributed by atoms with van der Waals surface area (Å²) in [4.78, 5) is 10.4. The van der Waals surface area contributed by atoms with Gasteiger partial charge in [-0.15, -0.1) is 0 Å². The molecule has 32 heavy (non-hydrogen) atoms. The quantitative estimate of drug-likeness (QED) is 0.451. The number of nitrogen functional groups attached to an aromatic ring is 1. The summed E-state index contributed by atoms with van der Waals surface area (Å²) in [6.07, 6.45) is 4.94. The molecular weight excluding hydrogens is 408 g/mol. The van der Waals surface area contributed by atoms with E-state index in [-0.39, 0.29) is 0 Å². The molecule has 0 atom stereocenters. The van der Waals surface area contributed by atoms with E-state index in [0.717, 1.165) is 33.9 Å². The molecule has 10 heteroatoms. The van der Waals surface area contributed by atoms with Crippen LogP contribution >= 0.6 is 0 Å². The van der Waals surface area contributed by atoms with Crippen molar-refractivity contribution in [3.63, 3.8) is 0 Å². The molecule has 0 amide bonds. The minimum absolute atomic E-state index is 0.382. The first-order chi connectivity index (χ1) is 15.5. The molecule has 10 nitrogen and oxygen atoms in total. The lowest BCUT2D eigenvalue weighted by atomic mass is 10.0. The summed E-state index contributed by atoms with van der Waals surface area (Å²) in [5.41, 5.74) is 12.0. The fraction of sp³-hybridized carbons (Fsp3) is 0.182. The van der Waals surface area contributed by atoms with Gasteiger partial charge < -0.3 is 14.9 Å². The maximum absolute atomic E-state index is 6.26. The number of oxazole rings is 1. The lowest BCUT2D eigenvalue weighted by Crippen LogP contribution is -2.11.